The van der Waals surface area contributed by atoms with Gasteiger partial charge in [0.2, 0.25) is 0 Å². The van der Waals surface area contributed by atoms with E-state index in [2.05, 4.69) is 4.98 Å². The van der Waals surface area contributed by atoms with Gasteiger partial charge < -0.3 is 9.84 Å². The molecule has 0 radical (unpaired) electrons. The van der Waals surface area contributed by atoms with Crippen LogP contribution in [0.2, 0.25) is 0 Å². The molecule has 144 valence electrons. The molecule has 0 saturated heterocycles. The van der Waals surface area contributed by atoms with Gasteiger partial charge in [-0.1, -0.05) is 18.2 Å². The molecule has 0 aliphatic heterocycles. The summed E-state index contributed by atoms with van der Waals surface area (Å²) < 4.78 is 44.0. The fraction of sp³-hybridized carbons (Fsp3) is 0.316. The number of ether oxygens (including phenoxy) is 1. The maximum absolute atomic E-state index is 13.1. The first-order valence-electron chi connectivity index (χ1n) is 8.25. The lowest BCUT2D eigenvalue weighted by atomic mass is 10.0. The minimum atomic E-state index is -4.51. The van der Waals surface area contributed by atoms with Gasteiger partial charge in [0.05, 0.1) is 18.6 Å². The Hall–Kier alpha value is -2.90. The van der Waals surface area contributed by atoms with E-state index in [0.717, 1.165) is 6.07 Å². The van der Waals surface area contributed by atoms with Gasteiger partial charge in [-0.3, -0.25) is 9.59 Å². The van der Waals surface area contributed by atoms with Crippen molar-refractivity contribution in [2.45, 2.75) is 32.4 Å². The van der Waals surface area contributed by atoms with E-state index >= 15 is 0 Å². The molecule has 0 bridgehead atoms. The molecule has 2 rings (SSSR count). The molecule has 0 aliphatic carbocycles. The molecule has 0 unspecified atom stereocenters. The van der Waals surface area contributed by atoms with Crippen molar-refractivity contribution in [1.82, 2.24) is 4.98 Å². The summed E-state index contributed by atoms with van der Waals surface area (Å²) in [6, 6.07) is 7.64. The quantitative estimate of drug-likeness (QED) is 0.581. The van der Waals surface area contributed by atoms with Crippen LogP contribution in [-0.4, -0.2) is 28.4 Å². The third kappa shape index (κ3) is 5.54. The monoisotopic (exact) mass is 381 g/mol. The lowest BCUT2D eigenvalue weighted by Gasteiger charge is -2.13. The number of nitrogens with zero attached hydrogens (tertiary/aromatic N) is 1. The summed E-state index contributed by atoms with van der Waals surface area (Å²) in [5.74, 6) is -1.54. The Bertz CT molecular complexity index is 834. The SMILES string of the molecule is CCOC(=O)CCC(=O)c1nc(Cc2ccccc2C(F)(F)F)ccc1O. The maximum Gasteiger partial charge on any atom is 0.416 e. The highest BCUT2D eigenvalue weighted by Crippen LogP contribution is 2.33. The second kappa shape index (κ2) is 8.66. The number of ketones is 1. The van der Waals surface area contributed by atoms with Gasteiger partial charge in [0, 0.05) is 18.5 Å². The van der Waals surface area contributed by atoms with Gasteiger partial charge in [-0.15, -0.1) is 0 Å². The molecule has 27 heavy (non-hydrogen) atoms. The number of pyridine rings is 1. The number of aromatic nitrogens is 1. The lowest BCUT2D eigenvalue weighted by molar-refractivity contribution is -0.143. The van der Waals surface area contributed by atoms with Crippen LogP contribution in [-0.2, 0) is 22.1 Å². The number of carbonyl (C=O) groups excluding carboxylic acids is 2. The first kappa shape index (κ1) is 20.4. The normalized spacial score (nSPS) is 11.3. The Kier molecular flexibility index (Phi) is 6.55. The molecular weight excluding hydrogens is 363 g/mol. The van der Waals surface area contributed by atoms with Crippen molar-refractivity contribution in [3.8, 4) is 5.75 Å². The zero-order valence-corrected chi connectivity index (χ0v) is 14.5. The smallest absolute Gasteiger partial charge is 0.416 e. The summed E-state index contributed by atoms with van der Waals surface area (Å²) >= 11 is 0. The second-order valence-electron chi connectivity index (χ2n) is 5.73. The Balaban J connectivity index is 2.21. The molecule has 1 N–H and O–H groups in total. The Morgan fingerprint density at radius 1 is 1.11 bits per heavy atom. The van der Waals surface area contributed by atoms with Crippen molar-refractivity contribution >= 4 is 11.8 Å². The molecule has 1 heterocycles. The van der Waals surface area contributed by atoms with Crippen LogP contribution in [0.3, 0.4) is 0 Å². The number of rotatable bonds is 7. The number of halogens is 3. The van der Waals surface area contributed by atoms with Gasteiger partial charge in [0.1, 0.15) is 11.4 Å². The molecule has 5 nitrogen and oxygen atoms in total. The lowest BCUT2D eigenvalue weighted by Crippen LogP contribution is -2.12. The summed E-state index contributed by atoms with van der Waals surface area (Å²) in [6.45, 7) is 1.82. The highest BCUT2D eigenvalue weighted by Gasteiger charge is 2.33. The summed E-state index contributed by atoms with van der Waals surface area (Å²) in [4.78, 5) is 27.5. The number of carbonyl (C=O) groups is 2. The van der Waals surface area contributed by atoms with Crippen molar-refractivity contribution in [3.63, 3.8) is 0 Å². The van der Waals surface area contributed by atoms with Gasteiger partial charge in [0.15, 0.2) is 5.78 Å². The molecule has 0 spiro atoms. The number of Topliss-reactive ketones (excluding diaryl/α,β-unsaturated/α-hetero) is 1. The van der Waals surface area contributed by atoms with E-state index in [4.69, 9.17) is 4.74 Å². The first-order valence-corrected chi connectivity index (χ1v) is 8.25. The van der Waals surface area contributed by atoms with Crippen molar-refractivity contribution in [2.24, 2.45) is 0 Å². The van der Waals surface area contributed by atoms with Crippen molar-refractivity contribution in [2.75, 3.05) is 6.61 Å². The second-order valence-corrected chi connectivity index (χ2v) is 5.73. The van der Waals surface area contributed by atoms with E-state index in [1.54, 1.807) is 6.92 Å². The minimum absolute atomic E-state index is 0.00751. The number of aromatic hydroxyl groups is 1. The summed E-state index contributed by atoms with van der Waals surface area (Å²) in [5.41, 5.74) is -0.853. The molecule has 2 aromatic rings. The fourth-order valence-electron chi connectivity index (χ4n) is 2.51. The topological polar surface area (TPSA) is 76.5 Å². The van der Waals surface area contributed by atoms with Crippen LogP contribution in [0.5, 0.6) is 5.75 Å². The highest BCUT2D eigenvalue weighted by atomic mass is 19.4. The van der Waals surface area contributed by atoms with E-state index in [-0.39, 0.29) is 42.8 Å². The van der Waals surface area contributed by atoms with E-state index in [1.807, 2.05) is 0 Å². The first-order chi connectivity index (χ1) is 12.7. The van der Waals surface area contributed by atoms with Gasteiger partial charge >= 0.3 is 12.1 Å². The standard InChI is InChI=1S/C19H18F3NO4/c1-2-27-17(26)10-9-16(25)18-15(24)8-7-13(23-18)11-12-5-3-4-6-14(12)19(20,21)22/h3-8,24H,2,9-11H2,1H3. The van der Waals surface area contributed by atoms with Crippen LogP contribution in [0.1, 0.15) is 47.1 Å². The fourth-order valence-corrected chi connectivity index (χ4v) is 2.51. The van der Waals surface area contributed by atoms with Crippen molar-refractivity contribution < 1.29 is 32.6 Å². The summed E-state index contributed by atoms with van der Waals surface area (Å²) in [7, 11) is 0. The van der Waals surface area contributed by atoms with E-state index in [0.29, 0.717) is 0 Å². The van der Waals surface area contributed by atoms with Gasteiger partial charge in [-0.2, -0.15) is 13.2 Å². The third-order valence-electron chi connectivity index (χ3n) is 3.75. The number of alkyl halides is 3. The molecule has 0 aliphatic rings. The molecule has 1 aromatic heterocycles. The number of esters is 1. The number of hydrogen-bond donors (Lipinski definition) is 1. The molecule has 0 atom stereocenters. The molecule has 1 aromatic carbocycles. The summed E-state index contributed by atoms with van der Waals surface area (Å²) in [5, 5.41) is 9.84. The van der Waals surface area contributed by atoms with Crippen LogP contribution in [0.4, 0.5) is 13.2 Å². The van der Waals surface area contributed by atoms with E-state index < -0.39 is 29.2 Å². The van der Waals surface area contributed by atoms with Crippen LogP contribution < -0.4 is 0 Å². The zero-order chi connectivity index (χ0) is 20.0. The predicted octanol–water partition coefficient (Wildman–Crippen LogP) is 3.92. The maximum atomic E-state index is 13.1. The zero-order valence-electron chi connectivity index (χ0n) is 14.5. The van der Waals surface area contributed by atoms with Gasteiger partial charge in [-0.25, -0.2) is 4.98 Å². The van der Waals surface area contributed by atoms with E-state index in [9.17, 15) is 27.9 Å². The molecule has 8 heteroatoms. The predicted molar refractivity (Wildman–Crippen MR) is 90.3 cm³/mol. The average Bonchev–Trinajstić information content (AvgIpc) is 2.61. The van der Waals surface area contributed by atoms with Crippen molar-refractivity contribution in [1.29, 1.82) is 0 Å². The molecule has 0 fully saturated rings. The van der Waals surface area contributed by atoms with Crippen LogP contribution in [0.15, 0.2) is 36.4 Å². The van der Waals surface area contributed by atoms with Crippen LogP contribution in [0.25, 0.3) is 0 Å². The number of benzene rings is 1. The Morgan fingerprint density at radius 3 is 2.48 bits per heavy atom. The minimum Gasteiger partial charge on any atom is -0.506 e. The third-order valence-corrected chi connectivity index (χ3v) is 3.75. The highest BCUT2D eigenvalue weighted by molar-refractivity contribution is 5.98. The van der Waals surface area contributed by atoms with Gasteiger partial charge in [0.25, 0.3) is 0 Å². The van der Waals surface area contributed by atoms with Crippen molar-refractivity contribution in [3.05, 3.63) is 58.9 Å². The molecular formula is C19H18F3NO4. The van der Waals surface area contributed by atoms with E-state index in [1.165, 1.54) is 30.3 Å². The number of hydrogen-bond acceptors (Lipinski definition) is 5. The van der Waals surface area contributed by atoms with Gasteiger partial charge in [-0.05, 0) is 30.7 Å². The Labute approximate surface area is 153 Å². The van der Waals surface area contributed by atoms with Crippen LogP contribution in [0, 0.1) is 0 Å². The average molecular weight is 381 g/mol. The Morgan fingerprint density at radius 2 is 1.81 bits per heavy atom. The molecule has 0 saturated carbocycles. The van der Waals surface area contributed by atoms with Crippen LogP contribution >= 0.6 is 0 Å². The largest absolute Gasteiger partial charge is 0.506 e. The summed E-state index contributed by atoms with van der Waals surface area (Å²) in [6.07, 6.45) is -5.06. The molecule has 0 amide bonds.